The first-order chi connectivity index (χ1) is 8.36. The summed E-state index contributed by atoms with van der Waals surface area (Å²) < 4.78 is 10.6. The van der Waals surface area contributed by atoms with Crippen molar-refractivity contribution in [3.05, 3.63) is 23.8 Å². The monoisotopic (exact) mass is 234 g/mol. The number of hydrogen-bond acceptors (Lipinski definition) is 5. The van der Waals surface area contributed by atoms with E-state index in [-0.39, 0.29) is 6.10 Å². The number of rotatable bonds is 3. The van der Waals surface area contributed by atoms with E-state index >= 15 is 0 Å². The van der Waals surface area contributed by atoms with Crippen LogP contribution in [0.15, 0.2) is 23.4 Å². The Bertz CT molecular complexity index is 459. The molecule has 0 aliphatic carbocycles. The highest BCUT2D eigenvalue weighted by atomic mass is 16.7. The van der Waals surface area contributed by atoms with Crippen LogP contribution in [0.2, 0.25) is 0 Å². The summed E-state index contributed by atoms with van der Waals surface area (Å²) in [6.07, 6.45) is 0.945. The molecule has 0 fully saturated rings. The smallest absolute Gasteiger partial charge is 0.231 e. The number of oxime groups is 1. The third-order valence-corrected chi connectivity index (χ3v) is 2.87. The fourth-order valence-corrected chi connectivity index (χ4v) is 2.01. The maximum atomic E-state index is 5.34. The molecule has 5 nitrogen and oxygen atoms in total. The van der Waals surface area contributed by atoms with Gasteiger partial charge in [0.2, 0.25) is 6.79 Å². The molecule has 90 valence electrons. The van der Waals surface area contributed by atoms with Crippen LogP contribution in [0.1, 0.15) is 12.0 Å². The Hall–Kier alpha value is -1.75. The summed E-state index contributed by atoms with van der Waals surface area (Å²) in [7, 11) is 1.90. The molecule has 5 heteroatoms. The predicted molar refractivity (Wildman–Crippen MR) is 62.5 cm³/mol. The molecule has 3 rings (SSSR count). The van der Waals surface area contributed by atoms with Crippen molar-refractivity contribution >= 4 is 5.71 Å². The fraction of sp³-hybridized carbons (Fsp3) is 0.417. The third kappa shape index (κ3) is 1.93. The molecule has 0 saturated carbocycles. The lowest BCUT2D eigenvalue weighted by Gasteiger charge is -2.05. The van der Waals surface area contributed by atoms with Crippen molar-refractivity contribution in [1.29, 1.82) is 0 Å². The van der Waals surface area contributed by atoms with Crippen LogP contribution < -0.4 is 14.8 Å². The maximum Gasteiger partial charge on any atom is 0.231 e. The van der Waals surface area contributed by atoms with Crippen LogP contribution >= 0.6 is 0 Å². The normalized spacial score (nSPS) is 21.2. The van der Waals surface area contributed by atoms with E-state index in [2.05, 4.69) is 10.5 Å². The van der Waals surface area contributed by atoms with E-state index in [9.17, 15) is 0 Å². The first-order valence-corrected chi connectivity index (χ1v) is 5.64. The van der Waals surface area contributed by atoms with Gasteiger partial charge in [0.1, 0.15) is 6.10 Å². The third-order valence-electron chi connectivity index (χ3n) is 2.87. The summed E-state index contributed by atoms with van der Waals surface area (Å²) in [6.45, 7) is 1.10. The molecule has 0 bridgehead atoms. The summed E-state index contributed by atoms with van der Waals surface area (Å²) in [5.74, 6) is 1.57. The quantitative estimate of drug-likeness (QED) is 0.851. The standard InChI is InChI=1S/C12H14N2O3/c1-13-6-9-5-10(14-17-9)8-2-3-11-12(4-8)16-7-15-11/h2-4,9,13H,5-7H2,1H3. The van der Waals surface area contributed by atoms with Gasteiger partial charge >= 0.3 is 0 Å². The molecule has 1 unspecified atom stereocenters. The van der Waals surface area contributed by atoms with Crippen molar-refractivity contribution < 1.29 is 14.3 Å². The average molecular weight is 234 g/mol. The van der Waals surface area contributed by atoms with Gasteiger partial charge in [0.25, 0.3) is 0 Å². The van der Waals surface area contributed by atoms with Gasteiger partial charge in [-0.15, -0.1) is 0 Å². The molecule has 1 aromatic carbocycles. The zero-order valence-corrected chi connectivity index (χ0v) is 9.60. The van der Waals surface area contributed by atoms with Crippen molar-refractivity contribution in [2.24, 2.45) is 5.16 Å². The zero-order valence-electron chi connectivity index (χ0n) is 9.60. The summed E-state index contributed by atoms with van der Waals surface area (Å²) in [6, 6.07) is 5.84. The molecular weight excluding hydrogens is 220 g/mol. The molecule has 1 N–H and O–H groups in total. The van der Waals surface area contributed by atoms with Gasteiger partial charge in [0, 0.05) is 18.5 Å². The number of hydrogen-bond donors (Lipinski definition) is 1. The zero-order chi connectivity index (χ0) is 11.7. The number of likely N-dealkylation sites (N-methyl/N-ethyl adjacent to an activating group) is 1. The van der Waals surface area contributed by atoms with E-state index in [1.165, 1.54) is 0 Å². The van der Waals surface area contributed by atoms with Crippen LogP contribution in [-0.4, -0.2) is 32.2 Å². The van der Waals surface area contributed by atoms with E-state index in [1.807, 2.05) is 25.2 Å². The van der Waals surface area contributed by atoms with E-state index in [1.54, 1.807) is 0 Å². The number of benzene rings is 1. The fourth-order valence-electron chi connectivity index (χ4n) is 2.01. The van der Waals surface area contributed by atoms with Gasteiger partial charge in [-0.2, -0.15) is 0 Å². The van der Waals surface area contributed by atoms with E-state index in [0.717, 1.165) is 35.7 Å². The minimum atomic E-state index is 0.125. The lowest BCUT2D eigenvalue weighted by atomic mass is 10.0. The maximum absolute atomic E-state index is 5.34. The second-order valence-corrected chi connectivity index (χ2v) is 4.10. The molecule has 0 saturated heterocycles. The lowest BCUT2D eigenvalue weighted by molar-refractivity contribution is 0.0866. The summed E-state index contributed by atoms with van der Waals surface area (Å²) in [5.41, 5.74) is 2.00. The van der Waals surface area contributed by atoms with Crippen LogP contribution in [0.5, 0.6) is 11.5 Å². The Kier molecular flexibility index (Phi) is 2.60. The Morgan fingerprint density at radius 2 is 2.24 bits per heavy atom. The van der Waals surface area contributed by atoms with Gasteiger partial charge in [0.15, 0.2) is 11.5 Å². The SMILES string of the molecule is CNCC1CC(c2ccc3c(c2)OCO3)=NO1. The van der Waals surface area contributed by atoms with Crippen LogP contribution in [0.3, 0.4) is 0 Å². The van der Waals surface area contributed by atoms with Crippen LogP contribution in [0.25, 0.3) is 0 Å². The minimum absolute atomic E-state index is 0.125. The van der Waals surface area contributed by atoms with Crippen molar-refractivity contribution in [3.63, 3.8) is 0 Å². The highest BCUT2D eigenvalue weighted by molar-refractivity contribution is 6.01. The lowest BCUT2D eigenvalue weighted by Crippen LogP contribution is -2.23. The molecule has 0 radical (unpaired) electrons. The van der Waals surface area contributed by atoms with Crippen molar-refractivity contribution in [2.75, 3.05) is 20.4 Å². The molecule has 2 aliphatic heterocycles. The Labute approximate surface area is 99.3 Å². The van der Waals surface area contributed by atoms with Crippen LogP contribution in [0, 0.1) is 0 Å². The van der Waals surface area contributed by atoms with Gasteiger partial charge in [-0.1, -0.05) is 5.16 Å². The van der Waals surface area contributed by atoms with Crippen molar-refractivity contribution in [3.8, 4) is 11.5 Å². The van der Waals surface area contributed by atoms with Gasteiger partial charge in [-0.25, -0.2) is 0 Å². The van der Waals surface area contributed by atoms with Crippen molar-refractivity contribution in [2.45, 2.75) is 12.5 Å². The largest absolute Gasteiger partial charge is 0.454 e. The highest BCUT2D eigenvalue weighted by Crippen LogP contribution is 2.33. The summed E-state index contributed by atoms with van der Waals surface area (Å²) in [4.78, 5) is 5.33. The molecule has 0 aromatic heterocycles. The van der Waals surface area contributed by atoms with Gasteiger partial charge in [0.05, 0.1) is 5.71 Å². The summed E-state index contributed by atoms with van der Waals surface area (Å²) >= 11 is 0. The molecule has 0 spiro atoms. The van der Waals surface area contributed by atoms with Crippen molar-refractivity contribution in [1.82, 2.24) is 5.32 Å². The van der Waals surface area contributed by atoms with Gasteiger partial charge in [-0.05, 0) is 25.2 Å². The predicted octanol–water partition coefficient (Wildman–Crippen LogP) is 1.13. The summed E-state index contributed by atoms with van der Waals surface area (Å²) in [5, 5.41) is 7.19. The van der Waals surface area contributed by atoms with E-state index in [0.29, 0.717) is 6.79 Å². The molecule has 17 heavy (non-hydrogen) atoms. The minimum Gasteiger partial charge on any atom is -0.454 e. The molecule has 2 aliphatic rings. The topological polar surface area (TPSA) is 52.1 Å². The molecule has 0 amide bonds. The molecule has 1 aromatic rings. The van der Waals surface area contributed by atoms with E-state index < -0.39 is 0 Å². The molecular formula is C12H14N2O3. The second kappa shape index (κ2) is 4.25. The van der Waals surface area contributed by atoms with Gasteiger partial charge in [-0.3, -0.25) is 0 Å². The number of fused-ring (bicyclic) bond motifs is 1. The van der Waals surface area contributed by atoms with Gasteiger partial charge < -0.3 is 19.6 Å². The number of nitrogens with one attached hydrogen (secondary N) is 1. The first kappa shape index (κ1) is 10.4. The number of ether oxygens (including phenoxy) is 2. The highest BCUT2D eigenvalue weighted by Gasteiger charge is 2.23. The number of nitrogens with zero attached hydrogens (tertiary/aromatic N) is 1. The first-order valence-electron chi connectivity index (χ1n) is 5.64. The molecule has 2 heterocycles. The molecule has 1 atom stereocenters. The Morgan fingerprint density at radius 3 is 3.12 bits per heavy atom. The van der Waals surface area contributed by atoms with Crippen LogP contribution in [0.4, 0.5) is 0 Å². The Morgan fingerprint density at radius 1 is 1.35 bits per heavy atom. The van der Waals surface area contributed by atoms with E-state index in [4.69, 9.17) is 14.3 Å². The second-order valence-electron chi connectivity index (χ2n) is 4.10. The van der Waals surface area contributed by atoms with Crippen LogP contribution in [-0.2, 0) is 4.84 Å². The average Bonchev–Trinajstić information content (AvgIpc) is 2.96. The Balaban J connectivity index is 1.77.